The van der Waals surface area contributed by atoms with Crippen LogP contribution in [0.4, 0.5) is 19.4 Å². The van der Waals surface area contributed by atoms with Crippen molar-refractivity contribution in [2.24, 2.45) is 0 Å². The van der Waals surface area contributed by atoms with Gasteiger partial charge in [0.15, 0.2) is 0 Å². The largest absolute Gasteiger partial charge is 0.384 e. The van der Waals surface area contributed by atoms with Crippen LogP contribution in [-0.4, -0.2) is 35.7 Å². The van der Waals surface area contributed by atoms with Crippen molar-refractivity contribution in [2.45, 2.75) is 51.3 Å². The Kier molecular flexibility index (Phi) is 8.33. The molecule has 0 radical (unpaired) electrons. The summed E-state index contributed by atoms with van der Waals surface area (Å²) in [5, 5.41) is 18.1. The average Bonchev–Trinajstić information content (AvgIpc) is 3.38. The third kappa shape index (κ3) is 8.90. The summed E-state index contributed by atoms with van der Waals surface area (Å²) in [4.78, 5) is 14.2. The highest BCUT2D eigenvalue weighted by Crippen LogP contribution is 3.02. The lowest BCUT2D eigenvalue weighted by molar-refractivity contribution is -0.122. The molecule has 0 aliphatic carbocycles. The summed E-state index contributed by atoms with van der Waals surface area (Å²) < 4.78 is 76.1. The van der Waals surface area contributed by atoms with Crippen LogP contribution in [0.2, 0.25) is 0 Å². The van der Waals surface area contributed by atoms with E-state index < -0.39 is 37.4 Å². The number of nitrogens with zero attached hydrogens (tertiary/aromatic N) is 3. The maximum atomic E-state index is 12.9. The van der Waals surface area contributed by atoms with Gasteiger partial charge in [0.1, 0.15) is 17.0 Å². The molecule has 4 rings (SSSR count). The SMILES string of the molecule is C.CC(C)(O)c1cc(CNC(=O)Cn2cc3cc(S(F)(F)(F)(F)F)ccc3n2)ccn1.O=S1C=CCC1.[HH]. The number of pyridine rings is 1. The van der Waals surface area contributed by atoms with Gasteiger partial charge >= 0.3 is 10.2 Å². The molecule has 1 amide bonds. The van der Waals surface area contributed by atoms with Gasteiger partial charge < -0.3 is 10.4 Å². The highest BCUT2D eigenvalue weighted by atomic mass is 32.5. The van der Waals surface area contributed by atoms with Gasteiger partial charge in [0, 0.05) is 42.3 Å². The van der Waals surface area contributed by atoms with Crippen LogP contribution >= 0.6 is 10.2 Å². The number of rotatable bonds is 6. The number of hydrogen-bond donors (Lipinski definition) is 2. The Morgan fingerprint density at radius 1 is 1.22 bits per heavy atom. The molecule has 0 saturated heterocycles. The van der Waals surface area contributed by atoms with Gasteiger partial charge in [-0.25, -0.2) is 0 Å². The van der Waals surface area contributed by atoms with Gasteiger partial charge in [-0.15, -0.1) is 0 Å². The second kappa shape index (κ2) is 10.1. The summed E-state index contributed by atoms with van der Waals surface area (Å²) in [6.45, 7) is 2.95. The molecule has 0 fully saturated rings. The van der Waals surface area contributed by atoms with Gasteiger partial charge in [-0.05, 0) is 61.6 Å². The lowest BCUT2D eigenvalue weighted by Crippen LogP contribution is -2.27. The van der Waals surface area contributed by atoms with E-state index in [0.29, 0.717) is 17.3 Å². The maximum absolute atomic E-state index is 12.9. The zero-order chi connectivity index (χ0) is 26.8. The predicted octanol–water partition coefficient (Wildman–Crippen LogP) is 6.17. The van der Waals surface area contributed by atoms with Crippen LogP contribution in [0.3, 0.4) is 0 Å². The van der Waals surface area contributed by atoms with Gasteiger partial charge in [0.2, 0.25) is 5.91 Å². The minimum absolute atomic E-state index is 0. The third-order valence-corrected chi connectivity index (χ3v) is 7.23. The number of benzene rings is 1. The van der Waals surface area contributed by atoms with Crippen molar-refractivity contribution >= 4 is 37.8 Å². The lowest BCUT2D eigenvalue weighted by atomic mass is 10.0. The Bertz CT molecular complexity index is 1340. The summed E-state index contributed by atoms with van der Waals surface area (Å²) in [7, 11) is -10.4. The van der Waals surface area contributed by atoms with Crippen LogP contribution in [0, 0.1) is 0 Å². The van der Waals surface area contributed by atoms with Gasteiger partial charge in [-0.1, -0.05) is 32.9 Å². The van der Waals surface area contributed by atoms with Crippen molar-refractivity contribution in [1.29, 1.82) is 0 Å². The number of aliphatic hydroxyl groups is 1. The van der Waals surface area contributed by atoms with E-state index in [4.69, 9.17) is 0 Å². The zero-order valence-corrected chi connectivity index (χ0v) is 21.0. The summed E-state index contributed by atoms with van der Waals surface area (Å²) in [6.07, 6.45) is 5.55. The van der Waals surface area contributed by atoms with Crippen molar-refractivity contribution < 1.29 is 35.0 Å². The minimum atomic E-state index is -9.79. The van der Waals surface area contributed by atoms with E-state index in [0.717, 1.165) is 29.1 Å². The van der Waals surface area contributed by atoms with Crippen molar-refractivity contribution in [3.8, 4) is 0 Å². The third-order valence-electron chi connectivity index (χ3n) is 4.95. The van der Waals surface area contributed by atoms with Crippen LogP contribution < -0.4 is 5.32 Å². The molecule has 3 aromatic rings. The second-order valence-electron chi connectivity index (χ2n) is 8.65. The molecule has 0 bridgehead atoms. The first-order valence-electron chi connectivity index (χ1n) is 10.6. The van der Waals surface area contributed by atoms with Gasteiger partial charge in [0.05, 0.1) is 11.2 Å². The molecule has 2 N–H and O–H groups in total. The fraction of sp³-hybridized carbons (Fsp3) is 0.348. The van der Waals surface area contributed by atoms with Crippen LogP contribution in [0.25, 0.3) is 10.9 Å². The average molecular weight is 571 g/mol. The van der Waals surface area contributed by atoms with Gasteiger partial charge in [-0.2, -0.15) is 5.10 Å². The van der Waals surface area contributed by atoms with E-state index in [9.17, 15) is 33.5 Å². The Morgan fingerprint density at radius 2 is 1.92 bits per heavy atom. The van der Waals surface area contributed by atoms with E-state index in [1.807, 2.05) is 6.08 Å². The Morgan fingerprint density at radius 3 is 2.46 bits per heavy atom. The molecule has 37 heavy (non-hydrogen) atoms. The lowest BCUT2D eigenvalue weighted by Gasteiger charge is -2.40. The minimum Gasteiger partial charge on any atom is -0.384 e. The fourth-order valence-electron chi connectivity index (χ4n) is 3.13. The maximum Gasteiger partial charge on any atom is 0.310 e. The number of aromatic nitrogens is 3. The first-order chi connectivity index (χ1) is 16.4. The summed E-state index contributed by atoms with van der Waals surface area (Å²) in [5.41, 5.74) is 0.00907. The number of halogens is 5. The first kappa shape index (κ1) is 30.4. The predicted molar refractivity (Wildman–Crippen MR) is 138 cm³/mol. The summed E-state index contributed by atoms with van der Waals surface area (Å²) in [5.74, 6) is 0.359. The van der Waals surface area contributed by atoms with Crippen molar-refractivity contribution in [2.75, 3.05) is 5.75 Å². The molecule has 0 spiro atoms. The smallest absolute Gasteiger partial charge is 0.310 e. The molecule has 1 unspecified atom stereocenters. The molecule has 1 atom stereocenters. The molecule has 1 aliphatic rings. The Balaban J connectivity index is 0.000000796. The van der Waals surface area contributed by atoms with Crippen LogP contribution in [-0.2, 0) is 34.3 Å². The van der Waals surface area contributed by atoms with Crippen molar-refractivity contribution in [1.82, 2.24) is 20.1 Å². The number of allylic oxidation sites excluding steroid dienone is 1. The Labute approximate surface area is 215 Å². The monoisotopic (exact) mass is 570 g/mol. The normalized spacial score (nSPS) is 17.2. The molecular formula is C23H31F5N4O3S2. The number of carbonyl (C=O) groups is 1. The number of carbonyl (C=O) groups excluding carboxylic acids is 1. The van der Waals surface area contributed by atoms with Gasteiger partial charge in [0.25, 0.3) is 0 Å². The topological polar surface area (TPSA) is 97.1 Å². The summed E-state index contributed by atoms with van der Waals surface area (Å²) >= 11 is 0. The van der Waals surface area contributed by atoms with Crippen molar-refractivity contribution in [3.05, 3.63) is 65.5 Å². The Hall–Kier alpha value is -2.84. The standard InChI is InChI=1S/C18H19F5N4O2S.C4H6OS.CH4.H2/c1-18(2,29)16-7-12(5-6-24-16)9-25-17(28)11-27-10-13-8-14(3-4-15(13)26-27)30(19,20,21,22)23;5-6-3-1-2-4-6;;/h3-8,10,29H,9,11H2,1-2H3,(H,25,28);1,3H,2,4H2;1H4;1H. The zero-order valence-electron chi connectivity index (χ0n) is 19.3. The molecule has 0 saturated carbocycles. The molecule has 1 aliphatic heterocycles. The second-order valence-corrected chi connectivity index (χ2v) is 12.5. The quantitative estimate of drug-likeness (QED) is 0.346. The molecule has 3 heterocycles. The highest BCUT2D eigenvalue weighted by Gasteiger charge is 2.65. The van der Waals surface area contributed by atoms with Crippen LogP contribution in [0.5, 0.6) is 0 Å². The fourth-order valence-corrected chi connectivity index (χ4v) is 4.66. The number of nitrogens with one attached hydrogen (secondary N) is 1. The van der Waals surface area contributed by atoms with Gasteiger partial charge in [-0.3, -0.25) is 18.7 Å². The molecule has 1 aromatic carbocycles. The van der Waals surface area contributed by atoms with Crippen LogP contribution in [0.15, 0.2) is 59.1 Å². The van der Waals surface area contributed by atoms with E-state index in [2.05, 4.69) is 15.4 Å². The number of hydrogen-bond acceptors (Lipinski definition) is 5. The van der Waals surface area contributed by atoms with E-state index in [1.54, 1.807) is 31.4 Å². The molecule has 208 valence electrons. The van der Waals surface area contributed by atoms with Crippen LogP contribution in [0.1, 0.15) is 40.4 Å². The van der Waals surface area contributed by atoms with E-state index >= 15 is 0 Å². The molecule has 7 nitrogen and oxygen atoms in total. The highest BCUT2D eigenvalue weighted by molar-refractivity contribution is 8.45. The molecule has 2 aromatic heterocycles. The number of amides is 1. The van der Waals surface area contributed by atoms with E-state index in [-0.39, 0.29) is 38.9 Å². The summed E-state index contributed by atoms with van der Waals surface area (Å²) in [6, 6.07) is 4.73. The van der Waals surface area contributed by atoms with Crippen molar-refractivity contribution in [3.63, 3.8) is 0 Å². The first-order valence-corrected chi connectivity index (χ1v) is 13.9. The molecular weight excluding hydrogens is 539 g/mol. The number of fused-ring (bicyclic) bond motifs is 1. The van der Waals surface area contributed by atoms with E-state index in [1.165, 1.54) is 6.20 Å². The molecule has 14 heteroatoms.